The zero-order valence-corrected chi connectivity index (χ0v) is 8.87. The van der Waals surface area contributed by atoms with Crippen LogP contribution in [0.2, 0.25) is 0 Å². The third-order valence-corrected chi connectivity index (χ3v) is 2.06. The Morgan fingerprint density at radius 2 is 1.94 bits per heavy atom. The molecule has 0 amide bonds. The Morgan fingerprint density at radius 1 is 1.38 bits per heavy atom. The highest BCUT2D eigenvalue weighted by molar-refractivity contribution is 5.85. The van der Waals surface area contributed by atoms with E-state index in [9.17, 15) is 13.6 Å². The van der Waals surface area contributed by atoms with Crippen molar-refractivity contribution in [1.82, 2.24) is 0 Å². The summed E-state index contributed by atoms with van der Waals surface area (Å²) in [4.78, 5) is 11.5. The number of carbonyl (C=O) groups is 1. The van der Waals surface area contributed by atoms with Gasteiger partial charge in [0.05, 0.1) is 12.6 Å². The van der Waals surface area contributed by atoms with Gasteiger partial charge in [0.1, 0.15) is 11.6 Å². The second kappa shape index (κ2) is 5.67. The third kappa shape index (κ3) is 3.67. The fourth-order valence-corrected chi connectivity index (χ4v) is 1.32. The van der Waals surface area contributed by atoms with Crippen molar-refractivity contribution in [2.75, 3.05) is 13.7 Å². The van der Waals surface area contributed by atoms with Crippen molar-refractivity contribution < 1.29 is 18.3 Å². The SMILES string of the molecule is COCC(N)C(=O)Cc1cc(F)cc(F)c1. The minimum absolute atomic E-state index is 0.0939. The molecule has 0 saturated heterocycles. The summed E-state index contributed by atoms with van der Waals surface area (Å²) in [7, 11) is 1.43. The number of hydrogen-bond acceptors (Lipinski definition) is 3. The van der Waals surface area contributed by atoms with Gasteiger partial charge in [0, 0.05) is 19.6 Å². The van der Waals surface area contributed by atoms with E-state index in [0.29, 0.717) is 0 Å². The van der Waals surface area contributed by atoms with Gasteiger partial charge >= 0.3 is 0 Å². The summed E-state index contributed by atoms with van der Waals surface area (Å²) < 4.78 is 30.4. The number of hydrogen-bond donors (Lipinski definition) is 1. The Kier molecular flexibility index (Phi) is 4.52. The van der Waals surface area contributed by atoms with Crippen LogP contribution in [0.1, 0.15) is 5.56 Å². The van der Waals surface area contributed by atoms with E-state index in [4.69, 9.17) is 10.5 Å². The molecule has 0 aliphatic heterocycles. The Labute approximate surface area is 92.2 Å². The number of Topliss-reactive ketones (excluding diaryl/α,β-unsaturated/α-hetero) is 1. The summed E-state index contributed by atoms with van der Waals surface area (Å²) in [6.07, 6.45) is -0.0980. The molecule has 0 aliphatic rings. The number of methoxy groups -OCH3 is 1. The van der Waals surface area contributed by atoms with Crippen molar-refractivity contribution >= 4 is 5.78 Å². The molecule has 0 aliphatic carbocycles. The van der Waals surface area contributed by atoms with E-state index in [1.165, 1.54) is 7.11 Å². The van der Waals surface area contributed by atoms with Gasteiger partial charge in [-0.25, -0.2) is 8.78 Å². The fraction of sp³-hybridized carbons (Fsp3) is 0.364. The number of benzene rings is 1. The second-order valence-corrected chi connectivity index (χ2v) is 3.48. The van der Waals surface area contributed by atoms with Gasteiger partial charge < -0.3 is 10.5 Å². The van der Waals surface area contributed by atoms with Crippen LogP contribution in [0.15, 0.2) is 18.2 Å². The fourth-order valence-electron chi connectivity index (χ4n) is 1.32. The number of ether oxygens (including phenoxy) is 1. The van der Waals surface area contributed by atoms with Crippen LogP contribution >= 0.6 is 0 Å². The number of nitrogens with two attached hydrogens (primary N) is 1. The van der Waals surface area contributed by atoms with E-state index in [1.54, 1.807) is 0 Å². The maximum absolute atomic E-state index is 12.8. The van der Waals surface area contributed by atoms with Crippen LogP contribution in [0.4, 0.5) is 8.78 Å². The zero-order valence-electron chi connectivity index (χ0n) is 8.87. The molecule has 1 unspecified atom stereocenters. The lowest BCUT2D eigenvalue weighted by atomic mass is 10.0. The van der Waals surface area contributed by atoms with Crippen molar-refractivity contribution in [3.05, 3.63) is 35.4 Å². The minimum Gasteiger partial charge on any atom is -0.383 e. The van der Waals surface area contributed by atoms with Crippen LogP contribution < -0.4 is 5.73 Å². The maximum Gasteiger partial charge on any atom is 0.156 e. The van der Waals surface area contributed by atoms with Crippen molar-refractivity contribution in [2.45, 2.75) is 12.5 Å². The summed E-state index contributed by atoms with van der Waals surface area (Å²) >= 11 is 0. The molecule has 1 aromatic rings. The van der Waals surface area contributed by atoms with Crippen LogP contribution in [0.3, 0.4) is 0 Å². The number of halogens is 2. The van der Waals surface area contributed by atoms with Gasteiger partial charge in [0.15, 0.2) is 5.78 Å². The van der Waals surface area contributed by atoms with E-state index >= 15 is 0 Å². The summed E-state index contributed by atoms with van der Waals surface area (Å²) in [5.74, 6) is -1.72. The Hall–Kier alpha value is -1.33. The summed E-state index contributed by atoms with van der Waals surface area (Å²) in [5.41, 5.74) is 5.76. The highest BCUT2D eigenvalue weighted by Gasteiger charge is 2.14. The molecule has 1 atom stereocenters. The maximum atomic E-state index is 12.8. The molecule has 3 nitrogen and oxygen atoms in total. The first-order valence-electron chi connectivity index (χ1n) is 4.75. The molecule has 0 spiro atoms. The molecule has 5 heteroatoms. The van der Waals surface area contributed by atoms with Crippen molar-refractivity contribution in [3.63, 3.8) is 0 Å². The highest BCUT2D eigenvalue weighted by atomic mass is 19.1. The lowest BCUT2D eigenvalue weighted by molar-refractivity contribution is -0.120. The van der Waals surface area contributed by atoms with Crippen LogP contribution in [0, 0.1) is 11.6 Å². The van der Waals surface area contributed by atoms with Gasteiger partial charge in [-0.15, -0.1) is 0 Å². The largest absolute Gasteiger partial charge is 0.383 e. The number of carbonyl (C=O) groups excluding carboxylic acids is 1. The molecule has 1 aromatic carbocycles. The molecule has 1 rings (SSSR count). The van der Waals surface area contributed by atoms with Gasteiger partial charge in [-0.3, -0.25) is 4.79 Å². The third-order valence-electron chi connectivity index (χ3n) is 2.06. The summed E-state index contributed by atoms with van der Waals surface area (Å²) in [5, 5.41) is 0. The first-order valence-corrected chi connectivity index (χ1v) is 4.75. The second-order valence-electron chi connectivity index (χ2n) is 3.48. The first-order chi connectivity index (χ1) is 7.52. The van der Waals surface area contributed by atoms with E-state index in [1.807, 2.05) is 0 Å². The van der Waals surface area contributed by atoms with Crippen molar-refractivity contribution in [3.8, 4) is 0 Å². The van der Waals surface area contributed by atoms with Crippen LogP contribution in [-0.2, 0) is 16.0 Å². The lowest BCUT2D eigenvalue weighted by Crippen LogP contribution is -2.35. The Morgan fingerprint density at radius 3 is 2.44 bits per heavy atom. The van der Waals surface area contributed by atoms with E-state index in [-0.39, 0.29) is 24.4 Å². The zero-order chi connectivity index (χ0) is 12.1. The Balaban J connectivity index is 2.69. The highest BCUT2D eigenvalue weighted by Crippen LogP contribution is 2.09. The van der Waals surface area contributed by atoms with Crippen molar-refractivity contribution in [2.24, 2.45) is 5.73 Å². The monoisotopic (exact) mass is 229 g/mol. The number of ketones is 1. The standard InChI is InChI=1S/C11H13F2NO2/c1-16-6-10(14)11(15)4-7-2-8(12)5-9(13)3-7/h2-3,5,10H,4,6,14H2,1H3. The molecule has 16 heavy (non-hydrogen) atoms. The minimum atomic E-state index is -0.767. The van der Waals surface area contributed by atoms with E-state index < -0.39 is 17.7 Å². The topological polar surface area (TPSA) is 52.3 Å². The van der Waals surface area contributed by atoms with Crippen molar-refractivity contribution in [1.29, 1.82) is 0 Å². The molecule has 0 heterocycles. The molecule has 0 fully saturated rings. The molecule has 0 bridgehead atoms. The molecule has 0 radical (unpaired) electrons. The smallest absolute Gasteiger partial charge is 0.156 e. The number of rotatable bonds is 5. The van der Waals surface area contributed by atoms with Crippen LogP contribution in [0.25, 0.3) is 0 Å². The van der Waals surface area contributed by atoms with Gasteiger partial charge in [-0.1, -0.05) is 0 Å². The average Bonchev–Trinajstić information content (AvgIpc) is 2.16. The molecule has 2 N–H and O–H groups in total. The predicted octanol–water partition coefficient (Wildman–Crippen LogP) is 1.05. The average molecular weight is 229 g/mol. The Bertz CT molecular complexity index is 362. The molecular formula is C11H13F2NO2. The first kappa shape index (κ1) is 12.7. The molecule has 0 saturated carbocycles. The molecular weight excluding hydrogens is 216 g/mol. The quantitative estimate of drug-likeness (QED) is 0.821. The molecule has 88 valence electrons. The van der Waals surface area contributed by atoms with Gasteiger partial charge in [0.25, 0.3) is 0 Å². The van der Waals surface area contributed by atoms with E-state index in [0.717, 1.165) is 18.2 Å². The van der Waals surface area contributed by atoms with E-state index in [2.05, 4.69) is 0 Å². The van der Waals surface area contributed by atoms with Gasteiger partial charge in [-0.2, -0.15) is 0 Å². The van der Waals surface area contributed by atoms with Gasteiger partial charge in [0.2, 0.25) is 0 Å². The summed E-state index contributed by atoms with van der Waals surface area (Å²) in [6, 6.07) is 2.21. The van der Waals surface area contributed by atoms with Crippen LogP contribution in [0.5, 0.6) is 0 Å². The van der Waals surface area contributed by atoms with Gasteiger partial charge in [-0.05, 0) is 17.7 Å². The van der Waals surface area contributed by atoms with Crippen LogP contribution in [-0.4, -0.2) is 25.5 Å². The summed E-state index contributed by atoms with van der Waals surface area (Å²) in [6.45, 7) is 0.0939. The lowest BCUT2D eigenvalue weighted by Gasteiger charge is -2.09. The normalized spacial score (nSPS) is 12.5. The molecule has 0 aromatic heterocycles. The predicted molar refractivity (Wildman–Crippen MR) is 54.9 cm³/mol.